The van der Waals surface area contributed by atoms with E-state index in [-0.39, 0.29) is 0 Å². The summed E-state index contributed by atoms with van der Waals surface area (Å²) in [6, 6.07) is 0. The first kappa shape index (κ1) is 19.1. The molecule has 0 bridgehead atoms. The minimum atomic E-state index is -4.75. The third kappa shape index (κ3) is 3.87. The molecule has 128 valence electrons. The number of aliphatic carboxylic acids is 1. The fraction of sp³-hybridized carbons (Fsp3) is 0.750. The predicted molar refractivity (Wildman–Crippen MR) is 64.2 cm³/mol. The first-order chi connectivity index (χ1) is 9.73. The number of hydrogen-bond acceptors (Lipinski definition) is 2. The highest BCUT2D eigenvalue weighted by Crippen LogP contribution is 2.60. The lowest BCUT2D eigenvalue weighted by molar-refractivity contribution is -0.258. The molecule has 0 aromatic heterocycles. The largest absolute Gasteiger partial charge is 0.481 e. The number of ether oxygens (including phenoxy) is 1. The summed E-state index contributed by atoms with van der Waals surface area (Å²) in [6.07, 6.45) is -7.88. The van der Waals surface area contributed by atoms with Crippen LogP contribution in [0.3, 0.4) is 0 Å². The second kappa shape index (κ2) is 5.92. The molecule has 2 unspecified atom stereocenters. The number of hydrogen-bond donors (Lipinski definition) is 1. The van der Waals surface area contributed by atoms with Gasteiger partial charge in [0.15, 0.2) is 0 Å². The lowest BCUT2D eigenvalue weighted by Gasteiger charge is -2.20. The van der Waals surface area contributed by atoms with Crippen LogP contribution in [0.5, 0.6) is 0 Å². The summed E-state index contributed by atoms with van der Waals surface area (Å²) in [7, 11) is 0. The van der Waals surface area contributed by atoms with Gasteiger partial charge in [-0.3, -0.25) is 4.79 Å². The summed E-state index contributed by atoms with van der Waals surface area (Å²) in [5.41, 5.74) is -0.838. The monoisotopic (exact) mass is 354 g/mol. The zero-order valence-electron chi connectivity index (χ0n) is 11.4. The van der Waals surface area contributed by atoms with Crippen molar-refractivity contribution in [1.29, 1.82) is 0 Å². The van der Waals surface area contributed by atoms with Crippen molar-refractivity contribution < 1.29 is 41.0 Å². The van der Waals surface area contributed by atoms with Gasteiger partial charge >= 0.3 is 24.4 Å². The molecule has 22 heavy (non-hydrogen) atoms. The van der Waals surface area contributed by atoms with Crippen LogP contribution in [0.15, 0.2) is 11.1 Å². The summed E-state index contributed by atoms with van der Waals surface area (Å²) in [5, 5.41) is 7.55. The van der Waals surface area contributed by atoms with Crippen LogP contribution < -0.4 is 0 Å². The highest BCUT2D eigenvalue weighted by molar-refractivity contribution is 6.30. The molecule has 0 amide bonds. The Labute approximate surface area is 126 Å². The van der Waals surface area contributed by atoms with Gasteiger partial charge in [0.25, 0.3) is 0 Å². The van der Waals surface area contributed by atoms with Crippen molar-refractivity contribution in [3.8, 4) is 0 Å². The van der Waals surface area contributed by atoms with E-state index in [1.165, 1.54) is 13.8 Å². The SMILES string of the molecule is CC1(C)C(C=C(Cl)C(F)(F)OCC(F)(F)C(F)F)C1C(=O)O. The van der Waals surface area contributed by atoms with Crippen LogP contribution >= 0.6 is 11.6 Å². The van der Waals surface area contributed by atoms with Crippen molar-refractivity contribution in [3.63, 3.8) is 0 Å². The molecule has 1 fully saturated rings. The third-order valence-corrected chi connectivity index (χ3v) is 3.89. The van der Waals surface area contributed by atoms with E-state index >= 15 is 0 Å². The Morgan fingerprint density at radius 2 is 1.86 bits per heavy atom. The van der Waals surface area contributed by atoms with E-state index in [0.717, 1.165) is 0 Å². The Hall–Kier alpha value is -0.960. The van der Waals surface area contributed by atoms with Crippen molar-refractivity contribution in [2.24, 2.45) is 17.3 Å². The molecular formula is C12H13ClF6O3. The molecule has 0 aromatic carbocycles. The lowest BCUT2D eigenvalue weighted by atomic mass is 10.1. The molecule has 2 atom stereocenters. The molecule has 1 N–H and O–H groups in total. The first-order valence-electron chi connectivity index (χ1n) is 6.02. The van der Waals surface area contributed by atoms with Gasteiger partial charge in [-0.15, -0.1) is 0 Å². The van der Waals surface area contributed by atoms with Crippen molar-refractivity contribution in [3.05, 3.63) is 11.1 Å². The predicted octanol–water partition coefficient (Wildman–Crippen LogP) is 3.98. The Kier molecular flexibility index (Phi) is 5.13. The average Bonchev–Trinajstić information content (AvgIpc) is 2.88. The number of rotatable bonds is 7. The second-order valence-corrected chi connectivity index (χ2v) is 5.95. The molecule has 0 radical (unpaired) electrons. The Bertz CT molecular complexity index is 477. The van der Waals surface area contributed by atoms with Crippen LogP contribution in [-0.2, 0) is 9.53 Å². The Balaban J connectivity index is 2.77. The number of carboxylic acids is 1. The maximum atomic E-state index is 13.4. The minimum Gasteiger partial charge on any atom is -0.481 e. The molecule has 1 aliphatic rings. The molecule has 0 spiro atoms. The topological polar surface area (TPSA) is 46.5 Å². The Morgan fingerprint density at radius 1 is 1.36 bits per heavy atom. The summed E-state index contributed by atoms with van der Waals surface area (Å²) in [6.45, 7) is 0.778. The second-order valence-electron chi connectivity index (χ2n) is 5.54. The van der Waals surface area contributed by atoms with Gasteiger partial charge in [0.2, 0.25) is 0 Å². The smallest absolute Gasteiger partial charge is 0.393 e. The molecule has 1 rings (SSSR count). The minimum absolute atomic E-state index is 0.695. The zero-order chi connectivity index (χ0) is 17.5. The van der Waals surface area contributed by atoms with E-state index in [2.05, 4.69) is 4.74 Å². The molecule has 1 saturated carbocycles. The summed E-state index contributed by atoms with van der Waals surface area (Å²) in [4.78, 5) is 10.9. The van der Waals surface area contributed by atoms with Crippen LogP contribution in [0.4, 0.5) is 26.3 Å². The number of halogens is 7. The lowest BCUT2D eigenvalue weighted by Crippen LogP contribution is -2.36. The molecular weight excluding hydrogens is 342 g/mol. The van der Waals surface area contributed by atoms with Crippen molar-refractivity contribution in [1.82, 2.24) is 0 Å². The molecule has 0 saturated heterocycles. The molecule has 0 aromatic rings. The van der Waals surface area contributed by atoms with Crippen molar-refractivity contribution in [2.75, 3.05) is 6.61 Å². The van der Waals surface area contributed by atoms with E-state index in [1.54, 1.807) is 0 Å². The van der Waals surface area contributed by atoms with E-state index in [1.807, 2.05) is 0 Å². The van der Waals surface area contributed by atoms with Crippen molar-refractivity contribution in [2.45, 2.75) is 32.3 Å². The van der Waals surface area contributed by atoms with E-state index in [4.69, 9.17) is 16.7 Å². The molecule has 10 heteroatoms. The maximum absolute atomic E-state index is 13.4. The summed E-state index contributed by atoms with van der Waals surface area (Å²) in [5.74, 6) is -7.77. The maximum Gasteiger partial charge on any atom is 0.393 e. The first-order valence-corrected chi connectivity index (χ1v) is 6.39. The van der Waals surface area contributed by atoms with E-state index in [0.29, 0.717) is 6.08 Å². The summed E-state index contributed by atoms with van der Waals surface area (Å²) >= 11 is 5.27. The number of carboxylic acid groups (broad SMARTS) is 1. The van der Waals surface area contributed by atoms with E-state index < -0.39 is 53.3 Å². The number of allylic oxidation sites excluding steroid dienone is 1. The van der Waals surface area contributed by atoms with E-state index in [9.17, 15) is 31.1 Å². The van der Waals surface area contributed by atoms with Gasteiger partial charge in [-0.2, -0.15) is 17.6 Å². The molecule has 0 aliphatic heterocycles. The fourth-order valence-electron chi connectivity index (χ4n) is 2.03. The van der Waals surface area contributed by atoms with Gasteiger partial charge in [-0.25, -0.2) is 8.78 Å². The van der Waals surface area contributed by atoms with Crippen molar-refractivity contribution >= 4 is 17.6 Å². The standard InChI is InChI=1S/C12H13ClF6O3/c1-10(2)5(7(10)8(20)21)3-6(13)12(18,19)22-4-11(16,17)9(14)15/h3,5,7,9H,4H2,1-2H3,(H,20,21). The third-order valence-electron chi connectivity index (χ3n) is 3.55. The van der Waals surface area contributed by atoms with Crippen LogP contribution in [0.25, 0.3) is 0 Å². The highest BCUT2D eigenvalue weighted by Gasteiger charge is 2.61. The van der Waals surface area contributed by atoms with Gasteiger partial charge in [0, 0.05) is 0 Å². The zero-order valence-corrected chi connectivity index (χ0v) is 12.2. The highest BCUT2D eigenvalue weighted by atomic mass is 35.5. The van der Waals surface area contributed by atoms with Gasteiger partial charge < -0.3 is 9.84 Å². The molecule has 1 aliphatic carbocycles. The van der Waals surface area contributed by atoms with Crippen LogP contribution in [0.2, 0.25) is 0 Å². The molecule has 0 heterocycles. The fourth-order valence-corrected chi connectivity index (χ4v) is 2.22. The quantitative estimate of drug-likeness (QED) is 0.704. The van der Waals surface area contributed by atoms with Gasteiger partial charge in [0.05, 0.1) is 5.92 Å². The van der Waals surface area contributed by atoms with Gasteiger partial charge in [0.1, 0.15) is 11.6 Å². The van der Waals surface area contributed by atoms with Crippen LogP contribution in [0, 0.1) is 17.3 Å². The Morgan fingerprint density at radius 3 is 2.23 bits per heavy atom. The number of alkyl halides is 6. The summed E-state index contributed by atoms with van der Waals surface area (Å²) < 4.78 is 79.2. The molecule has 3 nitrogen and oxygen atoms in total. The number of carbonyl (C=O) groups is 1. The van der Waals surface area contributed by atoms with Crippen LogP contribution in [-0.4, -0.2) is 36.1 Å². The van der Waals surface area contributed by atoms with Gasteiger partial charge in [-0.05, 0) is 11.3 Å². The normalized spacial score (nSPS) is 25.5. The average molecular weight is 355 g/mol. The van der Waals surface area contributed by atoms with Crippen LogP contribution in [0.1, 0.15) is 13.8 Å². The van der Waals surface area contributed by atoms with Gasteiger partial charge in [-0.1, -0.05) is 31.5 Å².